The fourth-order valence-corrected chi connectivity index (χ4v) is 3.64. The number of fused-ring (bicyclic) bond motifs is 1. The Balaban J connectivity index is 0.000000355. The van der Waals surface area contributed by atoms with E-state index >= 15 is 0 Å². The van der Waals surface area contributed by atoms with Gasteiger partial charge in [-0.15, -0.1) is 18.2 Å². The van der Waals surface area contributed by atoms with E-state index < -0.39 is 87.3 Å². The van der Waals surface area contributed by atoms with Crippen LogP contribution in [0.3, 0.4) is 0 Å². The number of pyridine rings is 1. The Kier molecular flexibility index (Phi) is 20.3. The molecular weight excluding hydrogens is 956 g/mol. The molecule has 0 radical (unpaired) electrons. The van der Waals surface area contributed by atoms with E-state index in [0.717, 1.165) is 37.1 Å². The number of halogens is 15. The van der Waals surface area contributed by atoms with Gasteiger partial charge in [0.2, 0.25) is 0 Å². The van der Waals surface area contributed by atoms with E-state index in [1.807, 2.05) is 44.3 Å². The topological polar surface area (TPSA) is 22.1 Å². The summed E-state index contributed by atoms with van der Waals surface area (Å²) in [7, 11) is 0. The molecule has 2 nitrogen and oxygen atoms in total. The molecule has 55 heavy (non-hydrogen) atoms. The summed E-state index contributed by atoms with van der Waals surface area (Å²) in [5, 5.41) is 2.44. The molecule has 0 bridgehead atoms. The first kappa shape index (κ1) is 48.2. The number of nitrogens with zero attached hydrogens (tertiary/aromatic N) is 1. The molecule has 296 valence electrons. The molecule has 1 aromatic heterocycles. The average molecular weight is 978 g/mol. The van der Waals surface area contributed by atoms with Gasteiger partial charge in [0.1, 0.15) is 0 Å². The summed E-state index contributed by atoms with van der Waals surface area (Å²) < 4.78 is 184. The van der Waals surface area contributed by atoms with Crippen LogP contribution in [0.4, 0.5) is 65.9 Å². The van der Waals surface area contributed by atoms with Crippen LogP contribution in [0.2, 0.25) is 0 Å². The van der Waals surface area contributed by atoms with Crippen LogP contribution in [0.5, 0.6) is 0 Å². The summed E-state index contributed by atoms with van der Waals surface area (Å²) in [5.41, 5.74) is 2.22. The van der Waals surface area contributed by atoms with Crippen LogP contribution in [0.15, 0.2) is 66.9 Å². The van der Waals surface area contributed by atoms with Crippen LogP contribution in [-0.2, 0) is 27.1 Å². The van der Waals surface area contributed by atoms with Gasteiger partial charge >= 0.3 is 22.4 Å². The SMILES string of the molecule is CCOCC.Fc1[c-]c(F)c(F)c(F)c1F.Fc1[c-]c(F)c(F)c(F)c1F.Fc1[c-]c(F)c(F)c(F)c1F.[Au+3].c1ccc(-c2nccc3ccccc23)cc1. The molecule has 0 saturated carbocycles. The Morgan fingerprint density at radius 2 is 0.764 bits per heavy atom. The normalized spacial score (nSPS) is 9.98. The first-order valence-corrected chi connectivity index (χ1v) is 14.7. The zero-order valence-electron chi connectivity index (χ0n) is 27.6. The van der Waals surface area contributed by atoms with E-state index in [4.69, 9.17) is 4.74 Å². The van der Waals surface area contributed by atoms with Gasteiger partial charge in [0.15, 0.2) is 0 Å². The molecule has 0 aliphatic carbocycles. The van der Waals surface area contributed by atoms with Gasteiger partial charge in [-0.2, -0.15) is 0 Å². The van der Waals surface area contributed by atoms with Gasteiger partial charge in [0.05, 0.1) is 93.0 Å². The molecule has 6 rings (SSSR count). The van der Waals surface area contributed by atoms with Crippen molar-refractivity contribution in [3.05, 3.63) is 172 Å². The summed E-state index contributed by atoms with van der Waals surface area (Å²) in [6.45, 7) is 5.67. The van der Waals surface area contributed by atoms with Crippen molar-refractivity contribution in [3.63, 3.8) is 0 Å². The van der Waals surface area contributed by atoms with E-state index in [-0.39, 0.29) is 22.4 Å². The van der Waals surface area contributed by atoms with Crippen molar-refractivity contribution < 1.29 is 93.0 Å². The zero-order valence-corrected chi connectivity index (χ0v) is 29.8. The van der Waals surface area contributed by atoms with Crippen LogP contribution in [0.25, 0.3) is 22.0 Å². The van der Waals surface area contributed by atoms with Gasteiger partial charge in [-0.25, -0.2) is 39.5 Å². The first-order valence-electron chi connectivity index (χ1n) is 14.7. The average Bonchev–Trinajstić information content (AvgIpc) is 3.17. The number of benzene rings is 5. The molecule has 5 aromatic carbocycles. The van der Waals surface area contributed by atoms with Gasteiger partial charge in [0, 0.05) is 30.4 Å². The minimum atomic E-state index is -2.17. The molecule has 1 heterocycles. The van der Waals surface area contributed by atoms with Crippen molar-refractivity contribution in [1.29, 1.82) is 0 Å². The number of hydrogen-bond acceptors (Lipinski definition) is 2. The summed E-state index contributed by atoms with van der Waals surface area (Å²) in [4.78, 5) is 4.48. The summed E-state index contributed by atoms with van der Waals surface area (Å²) in [6, 6.07) is 23.7. The van der Waals surface area contributed by atoms with Crippen molar-refractivity contribution in [2.45, 2.75) is 13.8 Å². The van der Waals surface area contributed by atoms with E-state index in [1.54, 1.807) is 0 Å². The fourth-order valence-electron chi connectivity index (χ4n) is 3.64. The third-order valence-corrected chi connectivity index (χ3v) is 6.10. The third kappa shape index (κ3) is 13.5. The number of rotatable bonds is 3. The van der Waals surface area contributed by atoms with Crippen molar-refractivity contribution in [2.75, 3.05) is 13.2 Å². The Hall–Kier alpha value is -4.84. The fraction of sp³-hybridized carbons (Fsp3) is 0.108. The molecule has 0 atom stereocenters. The molecule has 18 heteroatoms. The van der Waals surface area contributed by atoms with Gasteiger partial charge in [0.25, 0.3) is 0 Å². The quantitative estimate of drug-likeness (QED) is 0.0580. The maximum atomic E-state index is 12.0. The molecule has 0 aliphatic rings. The van der Waals surface area contributed by atoms with Crippen molar-refractivity contribution in [3.8, 4) is 11.3 Å². The van der Waals surface area contributed by atoms with Crippen molar-refractivity contribution in [1.82, 2.24) is 4.98 Å². The Morgan fingerprint density at radius 1 is 0.436 bits per heavy atom. The minimum Gasteiger partial charge on any atom is -0.382 e. The van der Waals surface area contributed by atoms with Gasteiger partial charge in [-0.3, -0.25) is 31.3 Å². The largest absolute Gasteiger partial charge is 3.00 e. The van der Waals surface area contributed by atoms with E-state index in [9.17, 15) is 65.9 Å². The van der Waals surface area contributed by atoms with Crippen LogP contribution < -0.4 is 0 Å². The third-order valence-electron chi connectivity index (χ3n) is 6.10. The monoisotopic (exact) mass is 977 g/mol. The van der Waals surface area contributed by atoms with Crippen molar-refractivity contribution in [2.24, 2.45) is 0 Å². The molecule has 6 aromatic rings. The summed E-state index contributed by atoms with van der Waals surface area (Å²) in [6.07, 6.45) is 1.87. The molecule has 0 saturated heterocycles. The summed E-state index contributed by atoms with van der Waals surface area (Å²) >= 11 is 0. The standard InChI is InChI=1S/C15H11N.3C6F5.C4H10O.Au/c1-2-7-13(8-3-1)15-14-9-5-4-6-12(14)10-11-16-15;3*7-2-1-3(8)5(10)6(11)4(2)9;1-3-5-4-2;/h1-11H;;;;3-4H2,1-2H3;/q;3*-1;;+3. The number of hydrogen-bond donors (Lipinski definition) is 0. The molecular formula is C37H21AuF15NO. The molecule has 0 spiro atoms. The van der Waals surface area contributed by atoms with Crippen LogP contribution >= 0.6 is 0 Å². The minimum absolute atomic E-state index is 0. The predicted octanol–water partition coefficient (Wildman–Crippen LogP) is 11.5. The summed E-state index contributed by atoms with van der Waals surface area (Å²) in [5.74, 6) is -30.1. The predicted molar refractivity (Wildman–Crippen MR) is 165 cm³/mol. The van der Waals surface area contributed by atoms with E-state index in [2.05, 4.69) is 41.4 Å². The molecule has 0 amide bonds. The van der Waals surface area contributed by atoms with E-state index in [1.165, 1.54) is 16.3 Å². The van der Waals surface area contributed by atoms with Gasteiger partial charge in [-0.1, -0.05) is 54.6 Å². The van der Waals surface area contributed by atoms with Crippen LogP contribution in [0.1, 0.15) is 13.8 Å². The second-order valence-electron chi connectivity index (χ2n) is 9.61. The molecule has 0 aliphatic heterocycles. The van der Waals surface area contributed by atoms with Crippen LogP contribution in [-0.4, -0.2) is 18.2 Å². The second kappa shape index (κ2) is 23.2. The molecule has 0 fully saturated rings. The number of ether oxygens (including phenoxy) is 1. The first-order chi connectivity index (χ1) is 25.5. The maximum Gasteiger partial charge on any atom is 3.00 e. The zero-order chi connectivity index (χ0) is 40.7. The molecule has 0 N–H and O–H groups in total. The second-order valence-corrected chi connectivity index (χ2v) is 9.61. The van der Waals surface area contributed by atoms with Crippen molar-refractivity contribution >= 4 is 10.8 Å². The Bertz CT molecular complexity index is 1920. The maximum absolute atomic E-state index is 12.0. The smallest absolute Gasteiger partial charge is 0.382 e. The van der Waals surface area contributed by atoms with Gasteiger partial charge < -0.3 is 4.74 Å². The molecule has 0 unspecified atom stereocenters. The Labute approximate surface area is 318 Å². The van der Waals surface area contributed by atoms with E-state index in [0.29, 0.717) is 0 Å². The van der Waals surface area contributed by atoms with Gasteiger partial charge in [-0.05, 0) is 25.3 Å². The number of aromatic nitrogens is 1. The Morgan fingerprint density at radius 3 is 1.09 bits per heavy atom. The van der Waals surface area contributed by atoms with Crippen LogP contribution in [0, 0.1) is 105 Å².